The zero-order chi connectivity index (χ0) is 12.7. The van der Waals surface area contributed by atoms with Gasteiger partial charge in [-0.3, -0.25) is 0 Å². The van der Waals surface area contributed by atoms with E-state index in [2.05, 4.69) is 52.7 Å². The summed E-state index contributed by atoms with van der Waals surface area (Å²) in [5, 5.41) is 1.40. The first-order valence-electron chi connectivity index (χ1n) is 6.53. The van der Waals surface area contributed by atoms with E-state index < -0.39 is 0 Å². The van der Waals surface area contributed by atoms with E-state index in [9.17, 15) is 0 Å². The summed E-state index contributed by atoms with van der Waals surface area (Å²) in [6, 6.07) is 6.59. The van der Waals surface area contributed by atoms with Gasteiger partial charge < -0.3 is 9.30 Å². The van der Waals surface area contributed by atoms with Gasteiger partial charge in [0.05, 0.1) is 6.61 Å². The van der Waals surface area contributed by atoms with Gasteiger partial charge >= 0.3 is 0 Å². The van der Waals surface area contributed by atoms with Crippen molar-refractivity contribution < 1.29 is 4.74 Å². The number of aromatic nitrogens is 1. The van der Waals surface area contributed by atoms with Crippen molar-refractivity contribution in [3.8, 4) is 0 Å². The molecule has 3 heteroatoms. The Kier molecular flexibility index (Phi) is 3.20. The van der Waals surface area contributed by atoms with Gasteiger partial charge in [-0.05, 0) is 36.1 Å². The number of rotatable bonds is 0. The Labute approximate surface area is 116 Å². The molecule has 2 heterocycles. The molecule has 1 aliphatic rings. The Hall–Kier alpha value is -0.800. The third kappa shape index (κ3) is 1.90. The quantitative estimate of drug-likeness (QED) is 0.717. The van der Waals surface area contributed by atoms with Crippen molar-refractivity contribution in [1.29, 1.82) is 0 Å². The van der Waals surface area contributed by atoms with E-state index >= 15 is 0 Å². The summed E-state index contributed by atoms with van der Waals surface area (Å²) >= 11 is 3.59. The summed E-state index contributed by atoms with van der Waals surface area (Å²) in [7, 11) is 2.17. The molecule has 96 valence electrons. The lowest BCUT2D eigenvalue weighted by molar-refractivity contribution is 0.125. The maximum absolute atomic E-state index is 5.65. The fourth-order valence-corrected chi connectivity index (χ4v) is 3.39. The maximum atomic E-state index is 5.65. The van der Waals surface area contributed by atoms with Gasteiger partial charge in [-0.1, -0.05) is 22.9 Å². The topological polar surface area (TPSA) is 14.2 Å². The number of aryl methyl sites for hydroxylation is 1. The average molecular weight is 308 g/mol. The number of ether oxygens (including phenoxy) is 1. The van der Waals surface area contributed by atoms with E-state index in [0.29, 0.717) is 5.92 Å². The average Bonchev–Trinajstić information content (AvgIpc) is 2.58. The smallest absolute Gasteiger partial charge is 0.0520 e. The molecule has 2 aromatic rings. The van der Waals surface area contributed by atoms with Crippen molar-refractivity contribution in [2.45, 2.75) is 25.7 Å². The number of halogens is 1. The minimum Gasteiger partial charge on any atom is -0.381 e. The van der Waals surface area contributed by atoms with E-state index in [0.717, 1.165) is 30.5 Å². The maximum Gasteiger partial charge on any atom is 0.0520 e. The Morgan fingerprint density at radius 2 is 2.17 bits per heavy atom. The fourth-order valence-electron chi connectivity index (χ4n) is 3.03. The minimum absolute atomic E-state index is 0.568. The van der Waals surface area contributed by atoms with Crippen molar-refractivity contribution >= 4 is 26.8 Å². The van der Waals surface area contributed by atoms with Crippen molar-refractivity contribution in [3.05, 3.63) is 33.9 Å². The van der Waals surface area contributed by atoms with Crippen LogP contribution in [-0.4, -0.2) is 17.8 Å². The Morgan fingerprint density at radius 1 is 1.33 bits per heavy atom. The largest absolute Gasteiger partial charge is 0.381 e. The second kappa shape index (κ2) is 4.71. The van der Waals surface area contributed by atoms with E-state index in [1.165, 1.54) is 22.2 Å². The van der Waals surface area contributed by atoms with Gasteiger partial charge in [-0.25, -0.2) is 0 Å². The Balaban J connectivity index is 2.29. The predicted octanol–water partition coefficient (Wildman–Crippen LogP) is 4.01. The molecule has 2 nitrogen and oxygen atoms in total. The fraction of sp³-hybridized carbons (Fsp3) is 0.467. The zero-order valence-corrected chi connectivity index (χ0v) is 12.5. The van der Waals surface area contributed by atoms with Crippen LogP contribution in [0, 0.1) is 0 Å². The highest BCUT2D eigenvalue weighted by Crippen LogP contribution is 2.35. The molecule has 0 saturated heterocycles. The van der Waals surface area contributed by atoms with E-state index in [1.54, 1.807) is 0 Å². The summed E-state index contributed by atoms with van der Waals surface area (Å²) in [6.45, 7) is 4.03. The molecule has 0 spiro atoms. The number of hydrogen-bond acceptors (Lipinski definition) is 1. The van der Waals surface area contributed by atoms with Gasteiger partial charge in [0, 0.05) is 41.1 Å². The molecule has 0 amide bonds. The van der Waals surface area contributed by atoms with Crippen LogP contribution in [0.1, 0.15) is 30.5 Å². The molecule has 1 atom stereocenters. The summed E-state index contributed by atoms with van der Waals surface area (Å²) in [5.74, 6) is 0.568. The number of benzene rings is 1. The normalized spacial score (nSPS) is 20.5. The van der Waals surface area contributed by atoms with E-state index in [-0.39, 0.29) is 0 Å². The molecule has 3 rings (SSSR count). The van der Waals surface area contributed by atoms with Gasteiger partial charge in [0.1, 0.15) is 0 Å². The molecule has 1 aromatic carbocycles. The van der Waals surface area contributed by atoms with Crippen LogP contribution in [0.5, 0.6) is 0 Å². The first-order valence-corrected chi connectivity index (χ1v) is 7.32. The van der Waals surface area contributed by atoms with Gasteiger partial charge in [-0.2, -0.15) is 0 Å². The van der Waals surface area contributed by atoms with Crippen LogP contribution in [0.2, 0.25) is 0 Å². The molecule has 0 radical (unpaired) electrons. The molecular weight excluding hydrogens is 290 g/mol. The molecule has 1 aliphatic heterocycles. The van der Waals surface area contributed by atoms with Gasteiger partial charge in [-0.15, -0.1) is 0 Å². The Morgan fingerprint density at radius 3 is 3.00 bits per heavy atom. The second-order valence-electron chi connectivity index (χ2n) is 5.13. The summed E-state index contributed by atoms with van der Waals surface area (Å²) in [4.78, 5) is 0. The number of fused-ring (bicyclic) bond motifs is 3. The molecule has 0 aliphatic carbocycles. The van der Waals surface area contributed by atoms with Gasteiger partial charge in [0.15, 0.2) is 0 Å². The second-order valence-corrected chi connectivity index (χ2v) is 6.05. The lowest BCUT2D eigenvalue weighted by Crippen LogP contribution is -2.12. The Bertz CT molecular complexity index is 588. The minimum atomic E-state index is 0.568. The number of hydrogen-bond donors (Lipinski definition) is 0. The highest BCUT2D eigenvalue weighted by atomic mass is 79.9. The van der Waals surface area contributed by atoms with Crippen molar-refractivity contribution in [2.75, 3.05) is 13.2 Å². The highest BCUT2D eigenvalue weighted by Gasteiger charge is 2.21. The molecular formula is C15H18BrNO. The molecule has 1 unspecified atom stereocenters. The zero-order valence-electron chi connectivity index (χ0n) is 10.9. The molecule has 18 heavy (non-hydrogen) atoms. The molecule has 0 saturated carbocycles. The third-order valence-electron chi connectivity index (χ3n) is 4.00. The molecule has 1 aromatic heterocycles. The predicted molar refractivity (Wildman–Crippen MR) is 78.2 cm³/mol. The summed E-state index contributed by atoms with van der Waals surface area (Å²) < 4.78 is 9.15. The van der Waals surface area contributed by atoms with Crippen molar-refractivity contribution in [2.24, 2.45) is 7.05 Å². The monoisotopic (exact) mass is 307 g/mol. The molecule has 0 fully saturated rings. The van der Waals surface area contributed by atoms with Crippen molar-refractivity contribution in [3.63, 3.8) is 0 Å². The van der Waals surface area contributed by atoms with Crippen LogP contribution in [-0.2, 0) is 18.2 Å². The first-order chi connectivity index (χ1) is 8.68. The SMILES string of the molecule is CC1CCOCCc2c1c1cc(Br)ccc1n2C. The van der Waals surface area contributed by atoms with E-state index in [1.807, 2.05) is 0 Å². The van der Waals surface area contributed by atoms with Crippen LogP contribution in [0.15, 0.2) is 22.7 Å². The van der Waals surface area contributed by atoms with Crippen molar-refractivity contribution in [1.82, 2.24) is 4.57 Å². The summed E-state index contributed by atoms with van der Waals surface area (Å²) in [5.41, 5.74) is 4.30. The van der Waals surface area contributed by atoms with Gasteiger partial charge in [0.2, 0.25) is 0 Å². The van der Waals surface area contributed by atoms with Crippen LogP contribution in [0.25, 0.3) is 10.9 Å². The lowest BCUT2D eigenvalue weighted by Gasteiger charge is -2.18. The van der Waals surface area contributed by atoms with E-state index in [4.69, 9.17) is 4.74 Å². The standard InChI is InChI=1S/C15H18BrNO/c1-10-5-7-18-8-6-14-15(10)12-9-11(16)3-4-13(12)17(14)2/h3-4,9-10H,5-8H2,1-2H3. The van der Waals surface area contributed by atoms with Crippen LogP contribution in [0.4, 0.5) is 0 Å². The molecule has 0 N–H and O–H groups in total. The van der Waals surface area contributed by atoms with Crippen LogP contribution < -0.4 is 0 Å². The first kappa shape index (κ1) is 12.2. The van der Waals surface area contributed by atoms with Gasteiger partial charge in [0.25, 0.3) is 0 Å². The van der Waals surface area contributed by atoms with Crippen LogP contribution >= 0.6 is 15.9 Å². The van der Waals surface area contributed by atoms with Crippen LogP contribution in [0.3, 0.4) is 0 Å². The molecule has 0 bridgehead atoms. The lowest BCUT2D eigenvalue weighted by atomic mass is 9.93. The summed E-state index contributed by atoms with van der Waals surface area (Å²) in [6.07, 6.45) is 2.13. The number of nitrogens with zero attached hydrogens (tertiary/aromatic N) is 1. The highest BCUT2D eigenvalue weighted by molar-refractivity contribution is 9.10. The third-order valence-corrected chi connectivity index (χ3v) is 4.49.